The summed E-state index contributed by atoms with van der Waals surface area (Å²) in [6, 6.07) is 0. The van der Waals surface area contributed by atoms with Crippen LogP contribution in [0.15, 0.2) is 0 Å². The monoisotopic (exact) mass is 361 g/mol. The van der Waals surface area contributed by atoms with E-state index in [9.17, 15) is 9.59 Å². The van der Waals surface area contributed by atoms with E-state index < -0.39 is 0 Å². The first kappa shape index (κ1) is 25.7. The number of aldehydes is 1. The molecule has 0 aliphatic rings. The zero-order valence-corrected chi connectivity index (χ0v) is 16.9. The van der Waals surface area contributed by atoms with E-state index in [1.54, 1.807) is 4.90 Å². The maximum atomic E-state index is 11.4. The van der Waals surface area contributed by atoms with E-state index in [4.69, 9.17) is 0 Å². The van der Waals surface area contributed by atoms with Gasteiger partial charge in [-0.1, -0.05) is 77.0 Å². The molecule has 0 aliphatic heterocycles. The first-order valence-corrected chi connectivity index (χ1v) is 9.82. The van der Waals surface area contributed by atoms with E-state index in [2.05, 4.69) is 0 Å². The molecule has 0 atom stereocenters. The molecule has 0 saturated heterocycles. The van der Waals surface area contributed by atoms with Crippen LogP contribution >= 0.6 is 12.4 Å². The fourth-order valence-electron chi connectivity index (χ4n) is 2.85. The molecule has 0 aromatic carbocycles. The third-order valence-corrected chi connectivity index (χ3v) is 4.46. The minimum Gasteiger partial charge on any atom is -0.349 e. The van der Waals surface area contributed by atoms with Crippen molar-refractivity contribution in [2.45, 2.75) is 103 Å². The van der Waals surface area contributed by atoms with Crippen molar-refractivity contribution in [2.24, 2.45) is 0 Å². The third-order valence-electron chi connectivity index (χ3n) is 4.46. The molecular weight excluding hydrogens is 322 g/mol. The van der Waals surface area contributed by atoms with E-state index in [1.165, 1.54) is 77.0 Å². The number of rotatable bonds is 17. The van der Waals surface area contributed by atoms with Gasteiger partial charge in [-0.15, -0.1) is 12.4 Å². The Hall–Kier alpha value is -0.570. The highest BCUT2D eigenvalue weighted by molar-refractivity contribution is 5.85. The number of nitrogens with zero attached hydrogens (tertiary/aromatic N) is 1. The third kappa shape index (κ3) is 19.5. The van der Waals surface area contributed by atoms with Gasteiger partial charge in [-0.3, -0.25) is 4.79 Å². The normalized spacial score (nSPS) is 10.2. The van der Waals surface area contributed by atoms with E-state index in [-0.39, 0.29) is 18.3 Å². The Balaban J connectivity index is 0. The van der Waals surface area contributed by atoms with Crippen LogP contribution in [-0.4, -0.2) is 31.2 Å². The largest absolute Gasteiger partial charge is 0.349 e. The van der Waals surface area contributed by atoms with Gasteiger partial charge in [0.1, 0.15) is 6.29 Å². The molecule has 0 aromatic heterocycles. The molecule has 0 rings (SSSR count). The summed E-state index contributed by atoms with van der Waals surface area (Å²) in [4.78, 5) is 23.3. The average Bonchev–Trinajstić information content (AvgIpc) is 2.54. The molecule has 24 heavy (non-hydrogen) atoms. The lowest BCUT2D eigenvalue weighted by atomic mass is 10.0. The molecule has 144 valence electrons. The van der Waals surface area contributed by atoms with Gasteiger partial charge in [0.25, 0.3) is 0 Å². The number of amides is 1. The quantitative estimate of drug-likeness (QED) is 0.237. The molecule has 0 aromatic rings. The Morgan fingerprint density at radius 3 is 1.33 bits per heavy atom. The summed E-state index contributed by atoms with van der Waals surface area (Å²) in [5.74, 6) is 0.258. The molecule has 0 radical (unpaired) electrons. The molecule has 1 amide bonds. The van der Waals surface area contributed by atoms with Crippen molar-refractivity contribution in [1.29, 1.82) is 0 Å². The summed E-state index contributed by atoms with van der Waals surface area (Å²) in [5, 5.41) is 0. The molecular formula is C20H40ClNO2. The van der Waals surface area contributed by atoms with E-state index in [0.29, 0.717) is 6.42 Å². The fourth-order valence-corrected chi connectivity index (χ4v) is 2.85. The molecule has 0 spiro atoms. The van der Waals surface area contributed by atoms with Crippen molar-refractivity contribution < 1.29 is 9.59 Å². The highest BCUT2D eigenvalue weighted by Crippen LogP contribution is 2.13. The van der Waals surface area contributed by atoms with Crippen LogP contribution in [0.25, 0.3) is 0 Å². The molecule has 0 aliphatic carbocycles. The van der Waals surface area contributed by atoms with Crippen molar-refractivity contribution in [3.05, 3.63) is 0 Å². The number of carbonyl (C=O) groups excluding carboxylic acids is 2. The topological polar surface area (TPSA) is 37.4 Å². The predicted molar refractivity (Wildman–Crippen MR) is 106 cm³/mol. The first-order chi connectivity index (χ1) is 11.2. The highest BCUT2D eigenvalue weighted by atomic mass is 35.5. The van der Waals surface area contributed by atoms with E-state index >= 15 is 0 Å². The molecule has 4 heteroatoms. The summed E-state index contributed by atoms with van der Waals surface area (Å²) in [6.07, 6.45) is 20.5. The standard InChI is InChI=1S/C20H39NO2.ClH/c1-21(2)20(23)18-16-14-12-10-8-6-4-3-5-7-9-11-13-15-17-19-22;/h19H,3-18H2,1-2H3;1H. The Morgan fingerprint density at radius 1 is 0.667 bits per heavy atom. The molecule has 0 fully saturated rings. The van der Waals surface area contributed by atoms with Crippen molar-refractivity contribution in [3.8, 4) is 0 Å². The predicted octanol–water partition coefficient (Wildman–Crippen LogP) is 5.94. The van der Waals surface area contributed by atoms with Crippen LogP contribution in [0, 0.1) is 0 Å². The Morgan fingerprint density at radius 2 is 1.00 bits per heavy atom. The zero-order chi connectivity index (χ0) is 17.2. The van der Waals surface area contributed by atoms with Crippen LogP contribution in [0.5, 0.6) is 0 Å². The summed E-state index contributed by atoms with van der Waals surface area (Å²) in [6.45, 7) is 0. The zero-order valence-electron chi connectivity index (χ0n) is 16.1. The lowest BCUT2D eigenvalue weighted by Crippen LogP contribution is -2.20. The SMILES string of the molecule is CN(C)C(=O)CCCCCCCCCCCCCCCCC=O.Cl. The molecule has 0 bridgehead atoms. The fraction of sp³-hybridized carbons (Fsp3) is 0.900. The number of halogens is 1. The van der Waals surface area contributed by atoms with Crippen LogP contribution in [-0.2, 0) is 9.59 Å². The van der Waals surface area contributed by atoms with Crippen LogP contribution < -0.4 is 0 Å². The summed E-state index contributed by atoms with van der Waals surface area (Å²) < 4.78 is 0. The van der Waals surface area contributed by atoms with Gasteiger partial charge in [-0.05, 0) is 12.8 Å². The van der Waals surface area contributed by atoms with Crippen LogP contribution in [0.4, 0.5) is 0 Å². The second-order valence-electron chi connectivity index (χ2n) is 6.94. The molecule has 0 saturated carbocycles. The smallest absolute Gasteiger partial charge is 0.222 e. The van der Waals surface area contributed by atoms with E-state index in [0.717, 1.165) is 25.5 Å². The van der Waals surface area contributed by atoms with Gasteiger partial charge in [0.05, 0.1) is 0 Å². The first-order valence-electron chi connectivity index (χ1n) is 9.82. The average molecular weight is 362 g/mol. The van der Waals surface area contributed by atoms with Gasteiger partial charge in [0, 0.05) is 26.9 Å². The van der Waals surface area contributed by atoms with Gasteiger partial charge in [-0.25, -0.2) is 0 Å². The highest BCUT2D eigenvalue weighted by Gasteiger charge is 2.02. The van der Waals surface area contributed by atoms with Gasteiger partial charge in [0.15, 0.2) is 0 Å². The van der Waals surface area contributed by atoms with Crippen molar-refractivity contribution in [3.63, 3.8) is 0 Å². The molecule has 0 N–H and O–H groups in total. The van der Waals surface area contributed by atoms with Crippen molar-refractivity contribution in [1.82, 2.24) is 4.90 Å². The van der Waals surface area contributed by atoms with Gasteiger partial charge in [0.2, 0.25) is 5.91 Å². The van der Waals surface area contributed by atoms with Crippen LogP contribution in [0.1, 0.15) is 103 Å². The maximum Gasteiger partial charge on any atom is 0.222 e. The number of hydrogen-bond acceptors (Lipinski definition) is 2. The minimum absolute atomic E-state index is 0. The maximum absolute atomic E-state index is 11.4. The lowest BCUT2D eigenvalue weighted by Gasteiger charge is -2.09. The van der Waals surface area contributed by atoms with Crippen molar-refractivity contribution >= 4 is 24.6 Å². The van der Waals surface area contributed by atoms with Crippen molar-refractivity contribution in [2.75, 3.05) is 14.1 Å². The van der Waals surface area contributed by atoms with Gasteiger partial charge < -0.3 is 9.69 Å². The van der Waals surface area contributed by atoms with Crippen LogP contribution in [0.2, 0.25) is 0 Å². The van der Waals surface area contributed by atoms with E-state index in [1.807, 2.05) is 14.1 Å². The summed E-state index contributed by atoms with van der Waals surface area (Å²) in [7, 11) is 3.66. The minimum atomic E-state index is 0. The van der Waals surface area contributed by atoms with Gasteiger partial charge >= 0.3 is 0 Å². The Bertz CT molecular complexity index is 283. The second kappa shape index (κ2) is 20.5. The molecule has 0 unspecified atom stereocenters. The molecule has 3 nitrogen and oxygen atoms in total. The Labute approximate surface area is 156 Å². The molecule has 0 heterocycles. The second-order valence-corrected chi connectivity index (χ2v) is 6.94. The summed E-state index contributed by atoms with van der Waals surface area (Å²) >= 11 is 0. The number of unbranched alkanes of at least 4 members (excludes halogenated alkanes) is 14. The number of carbonyl (C=O) groups is 2. The summed E-state index contributed by atoms with van der Waals surface area (Å²) in [5.41, 5.74) is 0. The Kier molecular flexibility index (Phi) is 21.9. The van der Waals surface area contributed by atoms with Gasteiger partial charge in [-0.2, -0.15) is 0 Å². The lowest BCUT2D eigenvalue weighted by molar-refractivity contribution is -0.128. The van der Waals surface area contributed by atoms with Crippen LogP contribution in [0.3, 0.4) is 0 Å². The number of hydrogen-bond donors (Lipinski definition) is 0.